The highest BCUT2D eigenvalue weighted by atomic mass is 79.9. The van der Waals surface area contributed by atoms with Gasteiger partial charge in [-0.15, -0.1) is 0 Å². The molecule has 0 fully saturated rings. The number of hydrogen-bond donors (Lipinski definition) is 0. The molecule has 78 valence electrons. The molecule has 3 nitrogen and oxygen atoms in total. The number of rotatable bonds is 3. The minimum absolute atomic E-state index is 0.0947. The van der Waals surface area contributed by atoms with Crippen molar-refractivity contribution in [2.24, 2.45) is 5.92 Å². The third-order valence-electron chi connectivity index (χ3n) is 1.95. The SMILES string of the molecule is CC(C)C(C)Oc1ncnc(Cl)c1Br. The molecule has 1 aromatic rings. The molecular weight excluding hydrogens is 267 g/mol. The summed E-state index contributed by atoms with van der Waals surface area (Å²) in [6.07, 6.45) is 1.48. The maximum Gasteiger partial charge on any atom is 0.232 e. The maximum absolute atomic E-state index is 5.80. The molecule has 0 bridgehead atoms. The first kappa shape index (κ1) is 11.7. The normalized spacial score (nSPS) is 13.0. The highest BCUT2D eigenvalue weighted by Crippen LogP contribution is 2.29. The van der Waals surface area contributed by atoms with Crippen molar-refractivity contribution < 1.29 is 4.74 Å². The van der Waals surface area contributed by atoms with Crippen LogP contribution in [0.25, 0.3) is 0 Å². The minimum Gasteiger partial charge on any atom is -0.473 e. The van der Waals surface area contributed by atoms with Crippen molar-refractivity contribution in [3.8, 4) is 5.88 Å². The van der Waals surface area contributed by atoms with Gasteiger partial charge in [-0.3, -0.25) is 0 Å². The predicted octanol–water partition coefficient (Wildman–Crippen LogP) is 3.32. The van der Waals surface area contributed by atoms with Gasteiger partial charge >= 0.3 is 0 Å². The Bertz CT molecular complexity index is 320. The molecule has 0 saturated carbocycles. The van der Waals surface area contributed by atoms with Crippen LogP contribution in [-0.4, -0.2) is 16.1 Å². The van der Waals surface area contributed by atoms with Gasteiger partial charge in [0.15, 0.2) is 5.15 Å². The van der Waals surface area contributed by atoms with Gasteiger partial charge in [0, 0.05) is 0 Å². The van der Waals surface area contributed by atoms with Crippen LogP contribution in [-0.2, 0) is 0 Å². The zero-order valence-electron chi connectivity index (χ0n) is 8.29. The Morgan fingerprint density at radius 3 is 2.57 bits per heavy atom. The monoisotopic (exact) mass is 278 g/mol. The van der Waals surface area contributed by atoms with Crippen molar-refractivity contribution in [3.63, 3.8) is 0 Å². The first-order chi connectivity index (χ1) is 6.52. The fourth-order valence-electron chi connectivity index (χ4n) is 0.728. The van der Waals surface area contributed by atoms with Crippen LogP contribution in [0.4, 0.5) is 0 Å². The van der Waals surface area contributed by atoms with Crippen molar-refractivity contribution in [1.82, 2.24) is 9.97 Å². The van der Waals surface area contributed by atoms with Crippen molar-refractivity contribution in [2.45, 2.75) is 26.9 Å². The Hall–Kier alpha value is -0.350. The van der Waals surface area contributed by atoms with Gasteiger partial charge in [-0.2, -0.15) is 0 Å². The van der Waals surface area contributed by atoms with Gasteiger partial charge in [0.25, 0.3) is 0 Å². The van der Waals surface area contributed by atoms with Crippen LogP contribution < -0.4 is 4.74 Å². The van der Waals surface area contributed by atoms with Gasteiger partial charge in [0.1, 0.15) is 10.8 Å². The van der Waals surface area contributed by atoms with E-state index in [-0.39, 0.29) is 6.10 Å². The lowest BCUT2D eigenvalue weighted by molar-refractivity contribution is 0.162. The molecule has 1 rings (SSSR count). The molecule has 1 atom stereocenters. The van der Waals surface area contributed by atoms with Gasteiger partial charge in [-0.25, -0.2) is 9.97 Å². The number of aromatic nitrogens is 2. The molecule has 1 heterocycles. The van der Waals surface area contributed by atoms with E-state index in [1.807, 2.05) is 6.92 Å². The molecule has 0 aliphatic rings. The second kappa shape index (κ2) is 4.94. The predicted molar refractivity (Wildman–Crippen MR) is 59.7 cm³/mol. The Morgan fingerprint density at radius 1 is 1.36 bits per heavy atom. The summed E-state index contributed by atoms with van der Waals surface area (Å²) in [5, 5.41) is 0.367. The van der Waals surface area contributed by atoms with Crippen molar-refractivity contribution in [2.75, 3.05) is 0 Å². The molecule has 1 unspecified atom stereocenters. The summed E-state index contributed by atoms with van der Waals surface area (Å²) in [5.74, 6) is 0.918. The van der Waals surface area contributed by atoms with E-state index in [2.05, 4.69) is 39.7 Å². The number of ether oxygens (including phenoxy) is 1. The molecule has 5 heteroatoms. The molecule has 0 saturated heterocycles. The molecule has 0 N–H and O–H groups in total. The summed E-state index contributed by atoms with van der Waals surface area (Å²) in [5.41, 5.74) is 0. The second-order valence-corrected chi connectivity index (χ2v) is 4.50. The van der Waals surface area contributed by atoms with Crippen molar-refractivity contribution in [3.05, 3.63) is 16.0 Å². The highest BCUT2D eigenvalue weighted by Gasteiger charge is 2.13. The van der Waals surface area contributed by atoms with Crippen LogP contribution in [0.2, 0.25) is 5.15 Å². The van der Waals surface area contributed by atoms with Crippen LogP contribution in [0, 0.1) is 5.92 Å². The largest absolute Gasteiger partial charge is 0.473 e. The molecule has 0 amide bonds. The third kappa shape index (κ3) is 2.82. The molecule has 1 aromatic heterocycles. The number of halogens is 2. The van der Waals surface area contributed by atoms with Crippen LogP contribution in [0.15, 0.2) is 10.8 Å². The van der Waals surface area contributed by atoms with E-state index < -0.39 is 0 Å². The van der Waals surface area contributed by atoms with Gasteiger partial charge in [0.2, 0.25) is 5.88 Å². The summed E-state index contributed by atoms with van der Waals surface area (Å²) in [4.78, 5) is 7.82. The average molecular weight is 280 g/mol. The summed E-state index contributed by atoms with van der Waals surface area (Å²) in [6.45, 7) is 6.16. The van der Waals surface area contributed by atoms with Crippen LogP contribution >= 0.6 is 27.5 Å². The van der Waals surface area contributed by atoms with Gasteiger partial charge in [0.05, 0.1) is 6.10 Å². The van der Waals surface area contributed by atoms with Crippen molar-refractivity contribution in [1.29, 1.82) is 0 Å². The zero-order chi connectivity index (χ0) is 10.7. The molecule has 0 radical (unpaired) electrons. The third-order valence-corrected chi connectivity index (χ3v) is 3.18. The van der Waals surface area contributed by atoms with E-state index in [4.69, 9.17) is 16.3 Å². The average Bonchev–Trinajstić information content (AvgIpc) is 2.12. The number of nitrogens with zero attached hydrogens (tertiary/aromatic N) is 2. The quantitative estimate of drug-likeness (QED) is 0.796. The first-order valence-corrected chi connectivity index (χ1v) is 5.52. The van der Waals surface area contributed by atoms with Crippen molar-refractivity contribution >= 4 is 27.5 Å². The highest BCUT2D eigenvalue weighted by molar-refractivity contribution is 9.10. The zero-order valence-corrected chi connectivity index (χ0v) is 10.6. The fourth-order valence-corrected chi connectivity index (χ4v) is 1.15. The van der Waals surface area contributed by atoms with Crippen LogP contribution in [0.1, 0.15) is 20.8 Å². The Balaban J connectivity index is 2.82. The fraction of sp³-hybridized carbons (Fsp3) is 0.556. The molecule has 14 heavy (non-hydrogen) atoms. The van der Waals surface area contributed by atoms with Gasteiger partial charge in [-0.05, 0) is 28.8 Å². The van der Waals surface area contributed by atoms with E-state index in [0.29, 0.717) is 21.4 Å². The smallest absolute Gasteiger partial charge is 0.232 e. The first-order valence-electron chi connectivity index (χ1n) is 4.35. The standard InChI is InChI=1S/C9H12BrClN2O/c1-5(2)6(3)14-9-7(10)8(11)12-4-13-9/h4-6H,1-3H3. The van der Waals surface area contributed by atoms with E-state index in [9.17, 15) is 0 Å². The van der Waals surface area contributed by atoms with Gasteiger partial charge < -0.3 is 4.74 Å². The van der Waals surface area contributed by atoms with Gasteiger partial charge in [-0.1, -0.05) is 25.4 Å². The van der Waals surface area contributed by atoms with E-state index in [1.165, 1.54) is 6.33 Å². The Morgan fingerprint density at radius 2 is 2.00 bits per heavy atom. The molecule has 0 aliphatic heterocycles. The molecule has 0 aliphatic carbocycles. The maximum atomic E-state index is 5.80. The lowest BCUT2D eigenvalue weighted by Gasteiger charge is -2.17. The van der Waals surface area contributed by atoms with Crippen LogP contribution in [0.3, 0.4) is 0 Å². The Labute approximate surface area is 97.0 Å². The van der Waals surface area contributed by atoms with E-state index in [1.54, 1.807) is 0 Å². The van der Waals surface area contributed by atoms with E-state index >= 15 is 0 Å². The Kier molecular flexibility index (Phi) is 4.13. The lowest BCUT2D eigenvalue weighted by Crippen LogP contribution is -2.19. The topological polar surface area (TPSA) is 35.0 Å². The lowest BCUT2D eigenvalue weighted by atomic mass is 10.1. The summed E-state index contributed by atoms with van der Waals surface area (Å²) in [6, 6.07) is 0. The minimum atomic E-state index is 0.0947. The molecule has 0 aromatic carbocycles. The van der Waals surface area contributed by atoms with E-state index in [0.717, 1.165) is 0 Å². The summed E-state index contributed by atoms with van der Waals surface area (Å²) < 4.78 is 6.21. The molecule has 0 spiro atoms. The molecular formula is C9H12BrClN2O. The number of hydrogen-bond acceptors (Lipinski definition) is 3. The second-order valence-electron chi connectivity index (χ2n) is 3.35. The summed E-state index contributed by atoms with van der Waals surface area (Å²) in [7, 11) is 0. The van der Waals surface area contributed by atoms with Crippen LogP contribution in [0.5, 0.6) is 5.88 Å². The summed E-state index contributed by atoms with van der Waals surface area (Å²) >= 11 is 9.07.